The van der Waals surface area contributed by atoms with Crippen LogP contribution in [0.4, 0.5) is 10.3 Å². The second kappa shape index (κ2) is 11.1. The molecule has 0 aliphatic carbocycles. The Kier molecular flexibility index (Phi) is 7.83. The molecule has 0 aliphatic heterocycles. The number of pyridine rings is 1. The molecule has 2 heterocycles. The molecule has 12 heteroatoms. The van der Waals surface area contributed by atoms with Gasteiger partial charge in [0.05, 0.1) is 31.1 Å². The van der Waals surface area contributed by atoms with E-state index in [1.54, 1.807) is 37.5 Å². The Bertz CT molecular complexity index is 1640. The standard InChI is InChI=1S/C27H27FN6O4S/c1-16-11-20(15-30-14-16)26-31-32-27(34(26)25-23(37-4)7-6-8-24(25)38-5)33-39(35,36)18(3)17(2)21-10-9-19(13-29)12-22(21)28/h6-12,14-15,17-18H,1-5H3,(H,32,33)/t17-,18+/m0/s1. The Morgan fingerprint density at radius 1 is 1.05 bits per heavy atom. The number of ether oxygens (including phenoxy) is 2. The summed E-state index contributed by atoms with van der Waals surface area (Å²) in [5, 5.41) is 16.4. The highest BCUT2D eigenvalue weighted by molar-refractivity contribution is 7.93. The molecular formula is C27H27FN6O4S. The number of rotatable bonds is 9. The van der Waals surface area contributed by atoms with Crippen molar-refractivity contribution in [3.63, 3.8) is 0 Å². The van der Waals surface area contributed by atoms with Crippen molar-refractivity contribution in [2.24, 2.45) is 0 Å². The van der Waals surface area contributed by atoms with Crippen LogP contribution in [0.15, 0.2) is 54.9 Å². The van der Waals surface area contributed by atoms with Crippen molar-refractivity contribution in [2.75, 3.05) is 18.9 Å². The lowest BCUT2D eigenvalue weighted by Gasteiger charge is -2.22. The van der Waals surface area contributed by atoms with Crippen LogP contribution < -0.4 is 14.2 Å². The lowest BCUT2D eigenvalue weighted by atomic mass is 9.96. The molecule has 0 amide bonds. The minimum Gasteiger partial charge on any atom is -0.494 e. The fraction of sp³-hybridized carbons (Fsp3) is 0.259. The molecule has 4 rings (SSSR count). The quantitative estimate of drug-likeness (QED) is 0.320. The molecule has 4 aromatic rings. The van der Waals surface area contributed by atoms with Crippen molar-refractivity contribution in [3.8, 4) is 34.6 Å². The number of aryl methyl sites for hydroxylation is 1. The van der Waals surface area contributed by atoms with E-state index in [-0.39, 0.29) is 17.1 Å². The highest BCUT2D eigenvalue weighted by atomic mass is 32.2. The fourth-order valence-corrected chi connectivity index (χ4v) is 5.44. The number of sulfonamides is 1. The summed E-state index contributed by atoms with van der Waals surface area (Å²) in [6.07, 6.45) is 3.27. The van der Waals surface area contributed by atoms with E-state index in [0.717, 1.165) is 11.6 Å². The van der Waals surface area contributed by atoms with Crippen molar-refractivity contribution < 1.29 is 22.3 Å². The van der Waals surface area contributed by atoms with Gasteiger partial charge in [0.15, 0.2) is 5.82 Å². The van der Waals surface area contributed by atoms with Gasteiger partial charge < -0.3 is 9.47 Å². The molecule has 0 aliphatic rings. The van der Waals surface area contributed by atoms with Crippen LogP contribution in [0.2, 0.25) is 0 Å². The van der Waals surface area contributed by atoms with Gasteiger partial charge in [0, 0.05) is 23.9 Å². The number of nitrogens with one attached hydrogen (secondary N) is 1. The first-order chi connectivity index (χ1) is 18.6. The zero-order chi connectivity index (χ0) is 28.3. The lowest BCUT2D eigenvalue weighted by Crippen LogP contribution is -2.31. The van der Waals surface area contributed by atoms with E-state index in [2.05, 4.69) is 19.9 Å². The molecule has 202 valence electrons. The Morgan fingerprint density at radius 2 is 1.74 bits per heavy atom. The number of nitrogens with zero attached hydrogens (tertiary/aromatic N) is 5. The number of hydrogen-bond acceptors (Lipinski definition) is 8. The van der Waals surface area contributed by atoms with Gasteiger partial charge in [-0.15, -0.1) is 10.2 Å². The monoisotopic (exact) mass is 550 g/mol. The number of nitriles is 1. The molecule has 10 nitrogen and oxygen atoms in total. The SMILES string of the molecule is COc1cccc(OC)c1-n1c(NS(=O)(=O)[C@H](C)[C@H](C)c2ccc(C#N)cc2F)nnc1-c1cncc(C)c1. The van der Waals surface area contributed by atoms with E-state index in [0.29, 0.717) is 28.6 Å². The lowest BCUT2D eigenvalue weighted by molar-refractivity contribution is 0.391. The highest BCUT2D eigenvalue weighted by Gasteiger charge is 2.32. The Labute approximate surface area is 226 Å². The van der Waals surface area contributed by atoms with E-state index in [4.69, 9.17) is 14.7 Å². The maximum atomic E-state index is 14.7. The molecule has 39 heavy (non-hydrogen) atoms. The minimum atomic E-state index is -4.14. The van der Waals surface area contributed by atoms with Gasteiger partial charge in [-0.2, -0.15) is 5.26 Å². The first-order valence-corrected chi connectivity index (χ1v) is 13.5. The number of aromatic nitrogens is 4. The molecule has 0 fully saturated rings. The first kappa shape index (κ1) is 27.5. The summed E-state index contributed by atoms with van der Waals surface area (Å²) < 4.78 is 57.1. The molecule has 2 aromatic carbocycles. The topological polar surface area (TPSA) is 132 Å². The number of methoxy groups -OCH3 is 2. The average Bonchev–Trinajstić information content (AvgIpc) is 3.33. The van der Waals surface area contributed by atoms with Gasteiger partial charge in [-0.25, -0.2) is 12.8 Å². The van der Waals surface area contributed by atoms with Gasteiger partial charge >= 0.3 is 0 Å². The number of hydrogen-bond donors (Lipinski definition) is 1. The van der Waals surface area contributed by atoms with Crippen LogP contribution >= 0.6 is 0 Å². The van der Waals surface area contributed by atoms with Crippen molar-refractivity contribution >= 4 is 16.0 Å². The highest BCUT2D eigenvalue weighted by Crippen LogP contribution is 2.38. The minimum absolute atomic E-state index is 0.117. The van der Waals surface area contributed by atoms with Crippen LogP contribution in [0.3, 0.4) is 0 Å². The maximum Gasteiger partial charge on any atom is 0.243 e. The summed E-state index contributed by atoms with van der Waals surface area (Å²) in [4.78, 5) is 4.23. The van der Waals surface area contributed by atoms with Gasteiger partial charge in [-0.05, 0) is 55.3 Å². The normalized spacial score (nSPS) is 12.8. The van der Waals surface area contributed by atoms with Crippen LogP contribution in [0, 0.1) is 24.1 Å². The first-order valence-electron chi connectivity index (χ1n) is 11.9. The van der Waals surface area contributed by atoms with Gasteiger partial charge in [0.2, 0.25) is 16.0 Å². The summed E-state index contributed by atoms with van der Waals surface area (Å²) in [6.45, 7) is 4.95. The molecule has 0 bridgehead atoms. The largest absolute Gasteiger partial charge is 0.494 e. The summed E-state index contributed by atoms with van der Waals surface area (Å²) in [6, 6.07) is 12.8. The van der Waals surface area contributed by atoms with E-state index in [1.165, 1.54) is 37.8 Å². The van der Waals surface area contributed by atoms with E-state index >= 15 is 0 Å². The molecule has 0 unspecified atom stereocenters. The van der Waals surface area contributed by atoms with Crippen LogP contribution in [0.1, 0.15) is 36.5 Å². The summed E-state index contributed by atoms with van der Waals surface area (Å²) in [7, 11) is -1.18. The zero-order valence-electron chi connectivity index (χ0n) is 22.0. The Morgan fingerprint density at radius 3 is 2.33 bits per heavy atom. The molecule has 0 spiro atoms. The predicted molar refractivity (Wildman–Crippen MR) is 144 cm³/mol. The Hall–Kier alpha value is -4.50. The average molecular weight is 551 g/mol. The number of anilines is 1. The van der Waals surface area contributed by atoms with Gasteiger partial charge in [0.25, 0.3) is 0 Å². The van der Waals surface area contributed by atoms with E-state index < -0.39 is 27.0 Å². The van der Waals surface area contributed by atoms with Crippen molar-refractivity contribution in [1.29, 1.82) is 5.26 Å². The van der Waals surface area contributed by atoms with E-state index in [9.17, 15) is 12.8 Å². The fourth-order valence-electron chi connectivity index (χ4n) is 4.19. The third-order valence-electron chi connectivity index (χ3n) is 6.47. The van der Waals surface area contributed by atoms with Crippen molar-refractivity contribution in [2.45, 2.75) is 31.9 Å². The number of para-hydroxylation sites is 1. The smallest absolute Gasteiger partial charge is 0.243 e. The zero-order valence-corrected chi connectivity index (χ0v) is 22.8. The molecule has 0 radical (unpaired) electrons. The van der Waals surface area contributed by atoms with Crippen LogP contribution in [0.25, 0.3) is 17.1 Å². The van der Waals surface area contributed by atoms with Crippen molar-refractivity contribution in [3.05, 3.63) is 77.4 Å². The predicted octanol–water partition coefficient (Wildman–Crippen LogP) is 4.60. The number of benzene rings is 2. The van der Waals surface area contributed by atoms with Crippen LogP contribution in [-0.2, 0) is 10.0 Å². The number of halogens is 1. The summed E-state index contributed by atoms with van der Waals surface area (Å²) in [5.74, 6) is -0.457. The van der Waals surface area contributed by atoms with Gasteiger partial charge in [0.1, 0.15) is 23.0 Å². The maximum absolute atomic E-state index is 14.7. The molecular weight excluding hydrogens is 523 g/mol. The molecule has 2 aromatic heterocycles. The third-order valence-corrected chi connectivity index (χ3v) is 8.32. The van der Waals surface area contributed by atoms with E-state index in [1.807, 2.05) is 19.1 Å². The van der Waals surface area contributed by atoms with Crippen LogP contribution in [0.5, 0.6) is 11.5 Å². The molecule has 0 saturated carbocycles. The second-order valence-corrected chi connectivity index (χ2v) is 11.0. The Balaban J connectivity index is 1.83. The summed E-state index contributed by atoms with van der Waals surface area (Å²) in [5.41, 5.74) is 2.14. The second-order valence-electron chi connectivity index (χ2n) is 8.93. The molecule has 2 atom stereocenters. The third kappa shape index (κ3) is 5.39. The summed E-state index contributed by atoms with van der Waals surface area (Å²) >= 11 is 0. The van der Waals surface area contributed by atoms with Gasteiger partial charge in [-0.1, -0.05) is 19.1 Å². The van der Waals surface area contributed by atoms with Gasteiger partial charge in [-0.3, -0.25) is 14.3 Å². The molecule has 0 saturated heterocycles. The van der Waals surface area contributed by atoms with Crippen molar-refractivity contribution in [1.82, 2.24) is 19.7 Å². The van der Waals surface area contributed by atoms with Crippen LogP contribution in [-0.4, -0.2) is 47.6 Å². The molecule has 1 N–H and O–H groups in total.